The maximum atomic E-state index is 17.0. The first-order valence-electron chi connectivity index (χ1n) is 22.3. The molecule has 0 unspecified atom stereocenters. The SMILES string of the molecule is CC[C@H]1OC(=O)[C@@](C)(F)C(=O)[C@H](C)[C@@H](O[C@@H]2O[C@H](C)C[C@H](N(C)C)[C@H]2C)[C@@](C)(OC)C[C@@H](C)C(=O)[C@H](C)[C@@H]2N(CCCCn3cc(-c4cccc(NC(C)=O)c4)nn3)C(=O)O[C@@]21C. The highest BCUT2D eigenvalue weighted by Gasteiger charge is 2.61. The van der Waals surface area contributed by atoms with E-state index < -0.39 is 77.0 Å². The van der Waals surface area contributed by atoms with Crippen LogP contribution in [-0.2, 0) is 49.4 Å². The monoisotopic (exact) mass is 885 g/mol. The molecular weight excluding hydrogens is 816 g/mol. The van der Waals surface area contributed by atoms with Gasteiger partial charge in [-0.25, -0.2) is 14.0 Å². The number of amides is 2. The van der Waals surface area contributed by atoms with E-state index in [1.165, 1.54) is 25.9 Å². The van der Waals surface area contributed by atoms with Crippen LogP contribution >= 0.6 is 0 Å². The Morgan fingerprint density at radius 1 is 1.03 bits per heavy atom. The maximum absolute atomic E-state index is 17.0. The number of hydrogen-bond acceptors (Lipinski definition) is 13. The average molecular weight is 885 g/mol. The van der Waals surface area contributed by atoms with Crippen LogP contribution in [0.15, 0.2) is 30.5 Å². The van der Waals surface area contributed by atoms with Crippen LogP contribution in [0.3, 0.4) is 0 Å². The van der Waals surface area contributed by atoms with E-state index >= 15 is 4.39 Å². The zero-order valence-electron chi connectivity index (χ0n) is 39.3. The second-order valence-corrected chi connectivity index (χ2v) is 18.8. The van der Waals surface area contributed by atoms with Crippen molar-refractivity contribution in [2.75, 3.05) is 33.1 Å². The normalized spacial score (nSPS) is 35.8. The van der Waals surface area contributed by atoms with E-state index in [0.29, 0.717) is 30.8 Å². The Morgan fingerprint density at radius 2 is 1.71 bits per heavy atom. The molecule has 63 heavy (non-hydrogen) atoms. The van der Waals surface area contributed by atoms with Crippen LogP contribution in [0.2, 0.25) is 0 Å². The highest BCUT2D eigenvalue weighted by atomic mass is 19.1. The summed E-state index contributed by atoms with van der Waals surface area (Å²) >= 11 is 0. The number of carbonyl (C=O) groups excluding carboxylic acids is 5. The minimum atomic E-state index is -3.14. The zero-order valence-corrected chi connectivity index (χ0v) is 39.3. The van der Waals surface area contributed by atoms with Crippen LogP contribution in [0, 0.1) is 23.7 Å². The first-order valence-corrected chi connectivity index (χ1v) is 22.3. The molecular formula is C46H69FN6O10. The summed E-state index contributed by atoms with van der Waals surface area (Å²) < 4.78 is 49.9. The first-order chi connectivity index (χ1) is 29.5. The summed E-state index contributed by atoms with van der Waals surface area (Å²) in [5.41, 5.74) is -4.06. The molecule has 5 rings (SSSR count). The highest BCUT2D eigenvalue weighted by molar-refractivity contribution is 6.08. The van der Waals surface area contributed by atoms with Gasteiger partial charge in [-0.1, -0.05) is 52.0 Å². The number of methoxy groups -OCH3 is 1. The number of benzene rings is 1. The number of anilines is 1. The van der Waals surface area contributed by atoms with Gasteiger partial charge in [0.2, 0.25) is 5.91 Å². The number of ketones is 2. The van der Waals surface area contributed by atoms with Crippen LogP contribution in [0.4, 0.5) is 14.9 Å². The molecule has 0 radical (unpaired) electrons. The largest absolute Gasteiger partial charge is 0.455 e. The van der Waals surface area contributed by atoms with E-state index in [0.717, 1.165) is 18.9 Å². The maximum Gasteiger partial charge on any atom is 0.410 e. The van der Waals surface area contributed by atoms with Gasteiger partial charge in [0.25, 0.3) is 5.67 Å². The Kier molecular flexibility index (Phi) is 15.6. The number of esters is 1. The van der Waals surface area contributed by atoms with E-state index in [4.69, 9.17) is 23.7 Å². The Balaban J connectivity index is 1.43. The molecule has 17 heteroatoms. The molecule has 3 aliphatic rings. The standard InChI is InChI=1S/C46H69FN6O10/c1-14-36-46(10)38(53(43(58)63-46)21-16-15-20-52-25-34(49-50-52)32-18-17-19-33(23-32)48-31(7)54)29(5)37(55)26(2)24-44(8,59-13)40(30(6)39(56)45(9,47)42(57)61-36)62-41-28(4)35(51(11)12)22-27(3)60-41/h17-19,23,25-30,35-36,38,40-41H,14-16,20-22,24H2,1-13H3,(H,48,54)/t26-,27-,28-,29+,30+,35+,36-,38+,40-,41+,44+,45+,46-/m1/s1. The number of rotatable bonds is 12. The molecule has 0 aliphatic carbocycles. The van der Waals surface area contributed by atoms with Crippen LogP contribution in [-0.4, -0.2) is 136 Å². The van der Waals surface area contributed by atoms with E-state index in [2.05, 4.69) is 20.5 Å². The number of cyclic esters (lactones) is 1. The summed E-state index contributed by atoms with van der Waals surface area (Å²) in [6.07, 6.45) is -0.361. The molecule has 1 N–H and O–H groups in total. The lowest BCUT2D eigenvalue weighted by molar-refractivity contribution is -0.281. The van der Waals surface area contributed by atoms with E-state index in [9.17, 15) is 24.0 Å². The van der Waals surface area contributed by atoms with Crippen LogP contribution < -0.4 is 5.32 Å². The predicted octanol–water partition coefficient (Wildman–Crippen LogP) is 6.25. The third kappa shape index (κ3) is 10.5. The van der Waals surface area contributed by atoms with Crippen molar-refractivity contribution in [3.63, 3.8) is 0 Å². The molecule has 0 spiro atoms. The number of halogens is 1. The van der Waals surface area contributed by atoms with Gasteiger partial charge in [-0.05, 0) is 86.0 Å². The minimum Gasteiger partial charge on any atom is -0.455 e. The molecule has 1 aromatic heterocycles. The summed E-state index contributed by atoms with van der Waals surface area (Å²) in [7, 11) is 5.41. The molecule has 3 fully saturated rings. The molecule has 3 aliphatic heterocycles. The topological polar surface area (TPSA) is 181 Å². The number of nitrogens with one attached hydrogen (secondary N) is 1. The summed E-state index contributed by atoms with van der Waals surface area (Å²) in [6, 6.07) is 6.42. The number of carbonyl (C=O) groups is 5. The molecule has 2 aromatic rings. The summed E-state index contributed by atoms with van der Waals surface area (Å²) in [5, 5.41) is 11.3. The van der Waals surface area contributed by atoms with Crippen molar-refractivity contribution in [1.82, 2.24) is 24.8 Å². The fourth-order valence-electron chi connectivity index (χ4n) is 10.1. The van der Waals surface area contributed by atoms with Crippen molar-refractivity contribution < 1.29 is 52.0 Å². The molecule has 0 bridgehead atoms. The summed E-state index contributed by atoms with van der Waals surface area (Å²) in [5.74, 6) is -5.89. The molecule has 350 valence electrons. The van der Waals surface area contributed by atoms with Gasteiger partial charge in [0.1, 0.15) is 17.6 Å². The molecule has 13 atom stereocenters. The molecule has 1 aromatic carbocycles. The lowest BCUT2D eigenvalue weighted by Gasteiger charge is -2.48. The predicted molar refractivity (Wildman–Crippen MR) is 232 cm³/mol. The fourth-order valence-corrected chi connectivity index (χ4v) is 10.1. The fraction of sp³-hybridized carbons (Fsp3) is 0.717. The van der Waals surface area contributed by atoms with Crippen molar-refractivity contribution in [3.8, 4) is 11.3 Å². The van der Waals surface area contributed by atoms with Gasteiger partial charge in [-0.3, -0.25) is 19.1 Å². The van der Waals surface area contributed by atoms with E-state index in [1.807, 2.05) is 46.1 Å². The Labute approximate surface area is 371 Å². The molecule has 16 nitrogen and oxygen atoms in total. The van der Waals surface area contributed by atoms with Gasteiger partial charge in [-0.2, -0.15) is 0 Å². The van der Waals surface area contributed by atoms with Crippen molar-refractivity contribution in [2.24, 2.45) is 23.7 Å². The van der Waals surface area contributed by atoms with Crippen molar-refractivity contribution in [1.29, 1.82) is 0 Å². The Hall–Kier alpha value is -4.32. The number of fused-ring (bicyclic) bond motifs is 1. The smallest absolute Gasteiger partial charge is 0.410 e. The van der Waals surface area contributed by atoms with Crippen molar-refractivity contribution in [2.45, 2.75) is 161 Å². The summed E-state index contributed by atoms with van der Waals surface area (Å²) in [6.45, 7) is 16.9. The van der Waals surface area contributed by atoms with Crippen molar-refractivity contribution >= 4 is 35.2 Å². The number of hydrogen-bond donors (Lipinski definition) is 1. The lowest BCUT2D eigenvalue weighted by Crippen LogP contribution is -2.61. The van der Waals surface area contributed by atoms with Gasteiger partial charge in [-0.15, -0.1) is 5.10 Å². The lowest BCUT2D eigenvalue weighted by atomic mass is 9.73. The van der Waals surface area contributed by atoms with Gasteiger partial charge >= 0.3 is 12.1 Å². The molecule has 2 amide bonds. The number of aryl methyl sites for hydroxylation is 1. The minimum absolute atomic E-state index is 0.0586. The quantitative estimate of drug-likeness (QED) is 0.144. The molecule has 3 saturated heterocycles. The third-order valence-corrected chi connectivity index (χ3v) is 13.6. The number of unbranched alkanes of at least 4 members (excludes halogenated alkanes) is 1. The first kappa shape index (κ1) is 49.7. The second-order valence-electron chi connectivity index (χ2n) is 18.8. The Bertz CT molecular complexity index is 1980. The molecule has 4 heterocycles. The van der Waals surface area contributed by atoms with Crippen LogP contribution in [0.25, 0.3) is 11.3 Å². The number of nitrogens with zero attached hydrogens (tertiary/aromatic N) is 5. The van der Waals surface area contributed by atoms with Gasteiger partial charge in [0.15, 0.2) is 17.7 Å². The van der Waals surface area contributed by atoms with Crippen molar-refractivity contribution in [3.05, 3.63) is 30.5 Å². The van der Waals surface area contributed by atoms with Crippen LogP contribution in [0.1, 0.15) is 101 Å². The van der Waals surface area contributed by atoms with Gasteiger partial charge < -0.3 is 38.8 Å². The Morgan fingerprint density at radius 3 is 2.35 bits per heavy atom. The summed E-state index contributed by atoms with van der Waals surface area (Å²) in [4.78, 5) is 72.2. The van der Waals surface area contributed by atoms with Crippen LogP contribution in [0.5, 0.6) is 0 Å². The van der Waals surface area contributed by atoms with Gasteiger partial charge in [0, 0.05) is 68.1 Å². The highest BCUT2D eigenvalue weighted by Crippen LogP contribution is 2.44. The van der Waals surface area contributed by atoms with Gasteiger partial charge in [0.05, 0.1) is 30.0 Å². The van der Waals surface area contributed by atoms with E-state index in [1.54, 1.807) is 51.6 Å². The number of Topliss-reactive ketones (excluding diaryl/α,β-unsaturated/α-hetero) is 2. The average Bonchev–Trinajstić information content (AvgIpc) is 3.80. The zero-order chi connectivity index (χ0) is 46.8. The number of aromatic nitrogens is 3. The molecule has 0 saturated carbocycles. The second kappa shape index (κ2) is 19.8. The number of alkyl halides is 1. The van der Waals surface area contributed by atoms with E-state index in [-0.39, 0.29) is 49.1 Å². The number of ether oxygens (including phenoxy) is 5. The third-order valence-electron chi connectivity index (χ3n) is 13.6.